The summed E-state index contributed by atoms with van der Waals surface area (Å²) in [6.45, 7) is 10.0. The van der Waals surface area contributed by atoms with Crippen molar-refractivity contribution >= 4 is 22.9 Å². The minimum Gasteiger partial charge on any atom is -0.463 e. The van der Waals surface area contributed by atoms with Crippen LogP contribution in [0.25, 0.3) is 22.7 Å². The van der Waals surface area contributed by atoms with Crippen molar-refractivity contribution in [2.24, 2.45) is 0 Å². The molecule has 0 amide bonds. The quantitative estimate of drug-likeness (QED) is 0.477. The van der Waals surface area contributed by atoms with Crippen LogP contribution >= 0.6 is 0 Å². The van der Waals surface area contributed by atoms with E-state index in [1.54, 1.807) is 23.6 Å². The largest absolute Gasteiger partial charge is 0.463 e. The van der Waals surface area contributed by atoms with Gasteiger partial charge in [0.25, 0.3) is 5.56 Å². The predicted molar refractivity (Wildman–Crippen MR) is 117 cm³/mol. The number of carbonyl (C=O) groups is 1. The number of hydrogen-bond acceptors (Lipinski definition) is 4. The Labute approximate surface area is 170 Å². The summed E-state index contributed by atoms with van der Waals surface area (Å²) in [5.74, 6) is 0.327. The zero-order valence-corrected chi connectivity index (χ0v) is 17.6. The lowest BCUT2D eigenvalue weighted by atomic mass is 10.0. The maximum Gasteiger partial charge on any atom is 0.330 e. The number of carbonyl (C=O) groups excluding carboxylic acids is 1. The average molecular weight is 390 g/mol. The molecule has 1 aromatic heterocycles. The maximum absolute atomic E-state index is 13.5. The molecular formula is C24H26N2O3. The SMILES string of the molecule is CCOC(=O)C=Cc1cc2c(=O)n(-c3c(C)cccc3C)c(CC)nc2cc1C. The molecule has 0 aliphatic rings. The third-order valence-electron chi connectivity index (χ3n) is 4.99. The molecule has 0 atom stereocenters. The molecule has 2 aromatic carbocycles. The standard InChI is InChI=1S/C24H26N2O3/c1-6-21-25-20-13-17(5)18(11-12-22(27)29-7-2)14-19(20)24(28)26(21)23-15(3)9-8-10-16(23)4/h8-14H,6-7H2,1-5H3. The van der Waals surface area contributed by atoms with Crippen molar-refractivity contribution in [3.05, 3.63) is 74.8 Å². The number of fused-ring (bicyclic) bond motifs is 1. The van der Waals surface area contributed by atoms with Gasteiger partial charge in [-0.15, -0.1) is 0 Å². The van der Waals surface area contributed by atoms with E-state index in [0.29, 0.717) is 23.9 Å². The van der Waals surface area contributed by atoms with Crippen LogP contribution in [0.1, 0.15) is 41.9 Å². The predicted octanol–water partition coefficient (Wildman–Crippen LogP) is 4.45. The molecule has 0 spiro atoms. The Morgan fingerprint density at radius 2 is 1.79 bits per heavy atom. The van der Waals surface area contributed by atoms with E-state index >= 15 is 0 Å². The van der Waals surface area contributed by atoms with Gasteiger partial charge < -0.3 is 4.74 Å². The summed E-state index contributed by atoms with van der Waals surface area (Å²) in [6, 6.07) is 9.69. The fourth-order valence-corrected chi connectivity index (χ4v) is 3.55. The van der Waals surface area contributed by atoms with Crippen LogP contribution < -0.4 is 5.56 Å². The van der Waals surface area contributed by atoms with Gasteiger partial charge in [-0.2, -0.15) is 0 Å². The van der Waals surface area contributed by atoms with Gasteiger partial charge in [0.15, 0.2) is 0 Å². The summed E-state index contributed by atoms with van der Waals surface area (Å²) in [5.41, 5.74) is 5.23. The Hall–Kier alpha value is -3.21. The summed E-state index contributed by atoms with van der Waals surface area (Å²) in [4.78, 5) is 30.0. The first-order valence-electron chi connectivity index (χ1n) is 9.85. The second-order valence-electron chi connectivity index (χ2n) is 7.07. The van der Waals surface area contributed by atoms with Crippen LogP contribution in [0.5, 0.6) is 0 Å². The third kappa shape index (κ3) is 3.99. The van der Waals surface area contributed by atoms with Crippen molar-refractivity contribution < 1.29 is 9.53 Å². The van der Waals surface area contributed by atoms with Gasteiger partial charge in [-0.1, -0.05) is 25.1 Å². The Morgan fingerprint density at radius 1 is 1.10 bits per heavy atom. The number of benzene rings is 2. The molecule has 3 rings (SSSR count). The highest BCUT2D eigenvalue weighted by Crippen LogP contribution is 2.22. The van der Waals surface area contributed by atoms with E-state index in [1.807, 2.05) is 52.0 Å². The zero-order chi connectivity index (χ0) is 21.1. The zero-order valence-electron chi connectivity index (χ0n) is 17.6. The van der Waals surface area contributed by atoms with E-state index in [1.165, 1.54) is 6.08 Å². The van der Waals surface area contributed by atoms with Crippen LogP contribution in [0.2, 0.25) is 0 Å². The number of aryl methyl sites for hydroxylation is 4. The second kappa shape index (κ2) is 8.43. The maximum atomic E-state index is 13.5. The molecule has 0 aliphatic carbocycles. The minimum absolute atomic E-state index is 0.102. The van der Waals surface area contributed by atoms with Crippen molar-refractivity contribution in [1.29, 1.82) is 0 Å². The molecule has 0 unspecified atom stereocenters. The van der Waals surface area contributed by atoms with E-state index in [2.05, 4.69) is 0 Å². The van der Waals surface area contributed by atoms with E-state index in [-0.39, 0.29) is 5.56 Å². The van der Waals surface area contributed by atoms with Gasteiger partial charge in [0.1, 0.15) is 5.82 Å². The first-order valence-corrected chi connectivity index (χ1v) is 9.85. The van der Waals surface area contributed by atoms with Crippen molar-refractivity contribution in [3.63, 3.8) is 0 Å². The fraction of sp³-hybridized carbons (Fsp3) is 0.292. The molecule has 0 saturated heterocycles. The molecule has 0 bridgehead atoms. The average Bonchev–Trinajstić information content (AvgIpc) is 2.68. The monoisotopic (exact) mass is 390 g/mol. The molecule has 5 nitrogen and oxygen atoms in total. The normalized spacial score (nSPS) is 11.3. The fourth-order valence-electron chi connectivity index (χ4n) is 3.55. The van der Waals surface area contributed by atoms with Crippen LogP contribution in [0.3, 0.4) is 0 Å². The molecule has 0 N–H and O–H groups in total. The molecule has 150 valence electrons. The van der Waals surface area contributed by atoms with Gasteiger partial charge in [-0.3, -0.25) is 9.36 Å². The molecule has 0 aliphatic heterocycles. The highest BCUT2D eigenvalue weighted by Gasteiger charge is 2.16. The molecule has 3 aromatic rings. The van der Waals surface area contributed by atoms with Gasteiger partial charge in [-0.05, 0) is 68.2 Å². The molecule has 5 heteroatoms. The number of rotatable bonds is 5. The summed E-state index contributed by atoms with van der Waals surface area (Å²) < 4.78 is 6.67. The summed E-state index contributed by atoms with van der Waals surface area (Å²) in [6.07, 6.45) is 3.71. The molecule has 0 radical (unpaired) electrons. The van der Waals surface area contributed by atoms with Crippen LogP contribution in [-0.4, -0.2) is 22.1 Å². The molecular weight excluding hydrogens is 364 g/mol. The van der Waals surface area contributed by atoms with E-state index in [9.17, 15) is 9.59 Å². The Balaban J connectivity index is 2.27. The Kier molecular flexibility index (Phi) is 5.97. The highest BCUT2D eigenvalue weighted by atomic mass is 16.5. The van der Waals surface area contributed by atoms with Crippen molar-refractivity contribution in [2.45, 2.75) is 41.0 Å². The molecule has 0 fully saturated rings. The van der Waals surface area contributed by atoms with Crippen molar-refractivity contribution in [3.8, 4) is 5.69 Å². The lowest BCUT2D eigenvalue weighted by Gasteiger charge is -2.17. The van der Waals surface area contributed by atoms with E-state index in [0.717, 1.165) is 33.8 Å². The Morgan fingerprint density at radius 3 is 2.41 bits per heavy atom. The van der Waals surface area contributed by atoms with Gasteiger partial charge in [-0.25, -0.2) is 9.78 Å². The number of nitrogens with zero attached hydrogens (tertiary/aromatic N) is 2. The second-order valence-corrected chi connectivity index (χ2v) is 7.07. The third-order valence-corrected chi connectivity index (χ3v) is 4.99. The van der Waals surface area contributed by atoms with Crippen molar-refractivity contribution in [1.82, 2.24) is 9.55 Å². The lowest BCUT2D eigenvalue weighted by molar-refractivity contribution is -0.137. The van der Waals surface area contributed by atoms with Crippen LogP contribution in [0, 0.1) is 20.8 Å². The van der Waals surface area contributed by atoms with Gasteiger partial charge in [0.2, 0.25) is 0 Å². The van der Waals surface area contributed by atoms with Crippen LogP contribution in [-0.2, 0) is 16.0 Å². The number of para-hydroxylation sites is 1. The van der Waals surface area contributed by atoms with E-state index < -0.39 is 5.97 Å². The van der Waals surface area contributed by atoms with Gasteiger partial charge in [0, 0.05) is 12.5 Å². The van der Waals surface area contributed by atoms with E-state index in [4.69, 9.17) is 9.72 Å². The minimum atomic E-state index is -0.403. The first kappa shape index (κ1) is 20.5. The molecule has 29 heavy (non-hydrogen) atoms. The topological polar surface area (TPSA) is 61.2 Å². The van der Waals surface area contributed by atoms with Gasteiger partial charge in [0.05, 0.1) is 23.2 Å². The summed E-state index contributed by atoms with van der Waals surface area (Å²) in [5, 5.41) is 0.527. The number of ether oxygens (including phenoxy) is 1. The van der Waals surface area contributed by atoms with Crippen molar-refractivity contribution in [2.75, 3.05) is 6.61 Å². The first-order chi connectivity index (χ1) is 13.9. The molecule has 0 saturated carbocycles. The van der Waals surface area contributed by atoms with Crippen LogP contribution in [0.4, 0.5) is 0 Å². The number of esters is 1. The summed E-state index contributed by atoms with van der Waals surface area (Å²) >= 11 is 0. The molecule has 1 heterocycles. The number of hydrogen-bond donors (Lipinski definition) is 0. The highest BCUT2D eigenvalue weighted by molar-refractivity contribution is 5.89. The smallest absolute Gasteiger partial charge is 0.330 e. The van der Waals surface area contributed by atoms with Gasteiger partial charge >= 0.3 is 5.97 Å². The lowest BCUT2D eigenvalue weighted by Crippen LogP contribution is -2.25. The Bertz CT molecular complexity index is 1150. The number of aromatic nitrogens is 2. The summed E-state index contributed by atoms with van der Waals surface area (Å²) in [7, 11) is 0. The van der Waals surface area contributed by atoms with Crippen LogP contribution in [0.15, 0.2) is 41.2 Å².